The number of fused-ring (bicyclic) bond motifs is 10. The molecule has 2 fully saturated rings. The first-order valence-corrected chi connectivity index (χ1v) is 18.6. The molecule has 0 saturated carbocycles. The van der Waals surface area contributed by atoms with Crippen molar-refractivity contribution in [1.82, 2.24) is 25.6 Å². The van der Waals surface area contributed by atoms with Crippen molar-refractivity contribution < 1.29 is 34.0 Å². The molecule has 6 N–H and O–H groups in total. The molecule has 0 spiro atoms. The summed E-state index contributed by atoms with van der Waals surface area (Å²) in [7, 11) is 0. The van der Waals surface area contributed by atoms with Crippen molar-refractivity contribution in [1.29, 1.82) is 0 Å². The molecule has 54 heavy (non-hydrogen) atoms. The summed E-state index contributed by atoms with van der Waals surface area (Å²) in [5.41, 5.74) is -0.0268. The monoisotopic (exact) mass is 741 g/mol. The fraction of sp³-hybridized carbons (Fsp3) is 0.452. The molecule has 1 unspecified atom stereocenters. The third-order valence-electron chi connectivity index (χ3n) is 10.2. The van der Waals surface area contributed by atoms with Crippen molar-refractivity contribution >= 4 is 18.1 Å². The van der Waals surface area contributed by atoms with Gasteiger partial charge in [0.25, 0.3) is 0 Å². The molecule has 4 aliphatic rings. The van der Waals surface area contributed by atoms with Crippen LogP contribution in [0.2, 0.25) is 0 Å². The highest BCUT2D eigenvalue weighted by Crippen LogP contribution is 2.35. The molecule has 4 aliphatic heterocycles. The molecule has 6 rings (SSSR count). The van der Waals surface area contributed by atoms with E-state index in [1.165, 1.54) is 12.5 Å². The molecule has 6 heterocycles. The predicted molar refractivity (Wildman–Crippen MR) is 208 cm³/mol. The van der Waals surface area contributed by atoms with Crippen molar-refractivity contribution in [2.75, 3.05) is 0 Å². The quantitative estimate of drug-likeness (QED) is 0.116. The number of aliphatic hydroxyl groups excluding tert-OH is 3. The molecule has 12 nitrogen and oxygen atoms in total. The second-order valence-corrected chi connectivity index (χ2v) is 15.0. The Kier molecular flexibility index (Phi) is 13.6. The van der Waals surface area contributed by atoms with Crippen molar-refractivity contribution in [2.24, 2.45) is 10.8 Å². The zero-order valence-electron chi connectivity index (χ0n) is 31.9. The van der Waals surface area contributed by atoms with Gasteiger partial charge in [-0.15, -0.1) is 0 Å². The van der Waals surface area contributed by atoms with E-state index in [2.05, 4.69) is 31.7 Å². The molecule has 2 aromatic rings. The third kappa shape index (κ3) is 10.5. The molecule has 12 heteroatoms. The van der Waals surface area contributed by atoms with Gasteiger partial charge >= 0.3 is 5.97 Å². The van der Waals surface area contributed by atoms with Crippen molar-refractivity contribution in [2.45, 2.75) is 110 Å². The summed E-state index contributed by atoms with van der Waals surface area (Å²) in [4.78, 5) is 25.1. The van der Waals surface area contributed by atoms with Gasteiger partial charge in [-0.25, -0.2) is 14.8 Å². The molecule has 2 saturated heterocycles. The normalized spacial score (nSPS) is 31.1. The van der Waals surface area contributed by atoms with Crippen molar-refractivity contribution in [3.8, 4) is 0 Å². The first-order chi connectivity index (χ1) is 25.8. The maximum Gasteiger partial charge on any atom is 0.356 e. The number of ether oxygens (including phenoxy) is 2. The van der Waals surface area contributed by atoms with Gasteiger partial charge in [0.15, 0.2) is 0 Å². The van der Waals surface area contributed by atoms with E-state index in [0.717, 1.165) is 12.1 Å². The summed E-state index contributed by atoms with van der Waals surface area (Å²) < 4.78 is 17.7. The Balaban J connectivity index is 1.35. The Morgan fingerprint density at radius 3 is 2.30 bits per heavy atom. The second kappa shape index (κ2) is 18.2. The van der Waals surface area contributed by atoms with Gasteiger partial charge in [-0.05, 0) is 32.4 Å². The number of aromatic nitrogens is 3. The molecule has 0 aromatic carbocycles. The molecule has 6 bridgehead atoms. The van der Waals surface area contributed by atoms with Crippen LogP contribution >= 0.6 is 0 Å². The number of imidazole rings is 1. The Labute approximate surface area is 317 Å². The second-order valence-electron chi connectivity index (χ2n) is 15.0. The first-order valence-electron chi connectivity index (χ1n) is 18.6. The van der Waals surface area contributed by atoms with Gasteiger partial charge < -0.3 is 44.8 Å². The van der Waals surface area contributed by atoms with Gasteiger partial charge in [-0.2, -0.15) is 0 Å². The fourth-order valence-electron chi connectivity index (χ4n) is 6.21. The van der Waals surface area contributed by atoms with Crippen LogP contribution in [0.5, 0.6) is 0 Å². The van der Waals surface area contributed by atoms with Gasteiger partial charge in [-0.3, -0.25) is 0 Å². The summed E-state index contributed by atoms with van der Waals surface area (Å²) in [6, 6.07) is 0.333. The summed E-state index contributed by atoms with van der Waals surface area (Å²) in [5.74, 6) is 0.267. The number of hydrogen-bond acceptors (Lipinski definition) is 11. The fourth-order valence-corrected chi connectivity index (χ4v) is 6.21. The molecule has 0 aliphatic carbocycles. The molecule has 0 amide bonds. The van der Waals surface area contributed by atoms with E-state index in [1.54, 1.807) is 42.5 Å². The Bertz CT molecular complexity index is 1800. The average Bonchev–Trinajstić information content (AvgIpc) is 3.44. The third-order valence-corrected chi connectivity index (χ3v) is 10.2. The largest absolute Gasteiger partial charge is 0.457 e. The Hall–Kier alpha value is -4.59. The van der Waals surface area contributed by atoms with E-state index in [0.29, 0.717) is 24.6 Å². The summed E-state index contributed by atoms with van der Waals surface area (Å²) in [5, 5.41) is 39.7. The molecule has 0 radical (unpaired) electrons. The van der Waals surface area contributed by atoms with Crippen LogP contribution in [0.4, 0.5) is 0 Å². The number of carbonyl (C=O) groups is 1. The number of esters is 1. The zero-order chi connectivity index (χ0) is 38.9. The van der Waals surface area contributed by atoms with Crippen molar-refractivity contribution in [3.05, 3.63) is 120 Å². The molecule has 290 valence electrons. The number of allylic oxidation sites excluding steroid dienone is 6. The SMILES string of the molecule is C/C=C/[C@H](O)C(C)(C)[C@@H]1C/C=C\[C@H]2N[C@H]2/C=C/C=C\c2nc(co2)C(O)O[C@H](C(C)(C)[C@@H](O)/C=C/C)C/C=C\[C@@H]2C/C(=C\C=C/c3ncc([nH]3)C(=O)O1)N2. The van der Waals surface area contributed by atoms with Crippen LogP contribution in [-0.4, -0.2) is 78.8 Å². The number of carbonyl (C=O) groups excluding carboxylic acids is 1. The van der Waals surface area contributed by atoms with Gasteiger partial charge in [-0.1, -0.05) is 101 Å². The van der Waals surface area contributed by atoms with E-state index in [9.17, 15) is 20.1 Å². The van der Waals surface area contributed by atoms with Crippen molar-refractivity contribution in [3.63, 3.8) is 0 Å². The molecule has 8 atom stereocenters. The molecular formula is C42H55N5O7. The number of rotatable bonds is 6. The van der Waals surface area contributed by atoms with Crippen LogP contribution in [0.25, 0.3) is 12.2 Å². The van der Waals surface area contributed by atoms with Crippen LogP contribution in [0, 0.1) is 10.8 Å². The minimum atomic E-state index is -1.36. The number of hydrogen-bond donors (Lipinski definition) is 6. The van der Waals surface area contributed by atoms with Gasteiger partial charge in [0.2, 0.25) is 12.2 Å². The van der Waals surface area contributed by atoms with E-state index < -0.39 is 47.5 Å². The average molecular weight is 742 g/mol. The van der Waals surface area contributed by atoms with E-state index in [1.807, 2.05) is 84.1 Å². The topological polar surface area (TPSA) is 185 Å². The van der Waals surface area contributed by atoms with Crippen LogP contribution in [0.3, 0.4) is 0 Å². The van der Waals surface area contributed by atoms with E-state index in [4.69, 9.17) is 13.9 Å². The number of aromatic amines is 1. The highest BCUT2D eigenvalue weighted by molar-refractivity contribution is 5.87. The zero-order valence-corrected chi connectivity index (χ0v) is 31.9. The minimum Gasteiger partial charge on any atom is -0.457 e. The predicted octanol–water partition coefficient (Wildman–Crippen LogP) is 6.00. The number of nitrogens with zero attached hydrogens (tertiary/aromatic N) is 2. The maximum atomic E-state index is 13.3. The lowest BCUT2D eigenvalue weighted by Crippen LogP contribution is -2.42. The number of H-pyrrole nitrogens is 1. The number of nitrogens with one attached hydrogen (secondary N) is 3. The minimum absolute atomic E-state index is 0.104. The lowest BCUT2D eigenvalue weighted by atomic mass is 9.78. The number of aliphatic hydroxyl groups is 3. The van der Waals surface area contributed by atoms with Crippen LogP contribution < -0.4 is 10.6 Å². The number of oxazole rings is 1. The Morgan fingerprint density at radius 1 is 0.907 bits per heavy atom. The van der Waals surface area contributed by atoms with Gasteiger partial charge in [0.05, 0.1) is 24.5 Å². The first kappa shape index (κ1) is 40.6. The smallest absolute Gasteiger partial charge is 0.356 e. The van der Waals surface area contributed by atoms with Gasteiger partial charge in [0, 0.05) is 53.6 Å². The van der Waals surface area contributed by atoms with E-state index >= 15 is 0 Å². The van der Waals surface area contributed by atoms with E-state index in [-0.39, 0.29) is 29.5 Å². The summed E-state index contributed by atoms with van der Waals surface area (Å²) in [6.45, 7) is 11.3. The lowest BCUT2D eigenvalue weighted by Gasteiger charge is -2.37. The summed E-state index contributed by atoms with van der Waals surface area (Å²) in [6.07, 6.45) is 28.3. The van der Waals surface area contributed by atoms with Gasteiger partial charge in [0.1, 0.15) is 29.6 Å². The highest BCUT2D eigenvalue weighted by Gasteiger charge is 2.39. The molecular weight excluding hydrogens is 686 g/mol. The lowest BCUT2D eigenvalue weighted by molar-refractivity contribution is -0.183. The summed E-state index contributed by atoms with van der Waals surface area (Å²) >= 11 is 0. The standard InChI is InChI=1S/C42H55N5O7/c1-7-14-33(48)41(3,4)35-20-11-16-27-24-28(44-27)17-12-22-37-43-25-31(46-37)39(50)53-36(42(5,6)34(49)15-8-2)21-13-19-30-29(45-30)18-9-10-23-38-47-32(26-52-38)40(51)54-35/h7-19,22-23,25-27,29-30,33-36,40,44-45,48-49,51H,20-21,24H2,1-6H3,(H,43,46)/b14-7+,15-8+,16-11-,18-9+,19-13-,22-12-,23-10-,28-17+/t27-,29+,30-,33+,34+,35+,36+,40?/m1/s1. The van der Waals surface area contributed by atoms with Crippen LogP contribution in [0.1, 0.15) is 95.0 Å². The van der Waals surface area contributed by atoms with Crippen LogP contribution in [0.15, 0.2) is 102 Å². The Morgan fingerprint density at radius 2 is 1.57 bits per heavy atom. The van der Waals surface area contributed by atoms with Crippen LogP contribution in [-0.2, 0) is 9.47 Å². The highest BCUT2D eigenvalue weighted by atomic mass is 16.6. The molecule has 2 aromatic heterocycles. The maximum absolute atomic E-state index is 13.3.